The van der Waals surface area contributed by atoms with Crippen LogP contribution in [0.4, 0.5) is 0 Å². The molecule has 0 N–H and O–H groups in total. The van der Waals surface area contributed by atoms with Crippen LogP contribution in [0.1, 0.15) is 31.4 Å². The summed E-state index contributed by atoms with van der Waals surface area (Å²) in [5.41, 5.74) is 2.19. The summed E-state index contributed by atoms with van der Waals surface area (Å²) in [7, 11) is 1.81. The molecule has 1 saturated carbocycles. The Morgan fingerprint density at radius 1 is 1.10 bits per heavy atom. The minimum atomic E-state index is -0.0533. The van der Waals surface area contributed by atoms with Gasteiger partial charge in [0.15, 0.2) is 0 Å². The van der Waals surface area contributed by atoms with Crippen molar-refractivity contribution in [2.45, 2.75) is 44.9 Å². The Labute approximate surface area is 170 Å². The maximum atomic E-state index is 11.8. The van der Waals surface area contributed by atoms with Crippen LogP contribution in [0, 0.1) is 5.92 Å². The van der Waals surface area contributed by atoms with Crippen LogP contribution in [0.2, 0.25) is 0 Å². The number of aromatic nitrogens is 3. The molecule has 1 aromatic carbocycles. The molecule has 1 saturated heterocycles. The Hall–Kier alpha value is -2.60. The molecule has 0 unspecified atom stereocenters. The van der Waals surface area contributed by atoms with Gasteiger partial charge in [0, 0.05) is 51.0 Å². The highest BCUT2D eigenvalue weighted by atomic mass is 16.5. The number of ether oxygens (including phenoxy) is 1. The summed E-state index contributed by atoms with van der Waals surface area (Å²) >= 11 is 0. The summed E-state index contributed by atoms with van der Waals surface area (Å²) in [6, 6.07) is 8.61. The fraction of sp³-hybridized carbons (Fsp3) is 0.478. The van der Waals surface area contributed by atoms with Gasteiger partial charge in [0.2, 0.25) is 0 Å². The Balaban J connectivity index is 1.22. The number of benzene rings is 1. The molecule has 1 aliphatic carbocycles. The molecule has 3 heterocycles. The number of hydrogen-bond donors (Lipinski definition) is 0. The third-order valence-electron chi connectivity index (χ3n) is 6.31. The molecule has 0 atom stereocenters. The van der Waals surface area contributed by atoms with Gasteiger partial charge in [-0.15, -0.1) is 0 Å². The van der Waals surface area contributed by atoms with E-state index in [1.54, 1.807) is 10.8 Å². The van der Waals surface area contributed by atoms with Crippen LogP contribution in [0.5, 0.6) is 5.75 Å². The summed E-state index contributed by atoms with van der Waals surface area (Å²) in [6.07, 6.45) is 10.3. The van der Waals surface area contributed by atoms with Gasteiger partial charge in [0.25, 0.3) is 5.56 Å². The molecule has 0 radical (unpaired) electrons. The highest BCUT2D eigenvalue weighted by molar-refractivity contribution is 5.86. The monoisotopic (exact) mass is 392 g/mol. The zero-order valence-electron chi connectivity index (χ0n) is 17.0. The Morgan fingerprint density at radius 2 is 1.93 bits per heavy atom. The van der Waals surface area contributed by atoms with Crippen molar-refractivity contribution in [3.63, 3.8) is 0 Å². The van der Waals surface area contributed by atoms with Gasteiger partial charge in [0.05, 0.1) is 17.4 Å². The SMILES string of the molecule is Cn1c(CN2CCC(Oc3cccc4c3ccn4CC3CC3)CC2)cncc1=O. The molecule has 29 heavy (non-hydrogen) atoms. The predicted molar refractivity (Wildman–Crippen MR) is 113 cm³/mol. The summed E-state index contributed by atoms with van der Waals surface area (Å²) in [4.78, 5) is 18.2. The standard InChI is InChI=1S/C23H28N4O2/c1-25-18(13-24-14-23(25)28)16-26-10-7-19(8-11-26)29-22-4-2-3-21-20(22)9-12-27(21)15-17-5-6-17/h2-4,9,12-14,17,19H,5-8,10-11,15-16H2,1H3. The summed E-state index contributed by atoms with van der Waals surface area (Å²) in [6.45, 7) is 3.81. The van der Waals surface area contributed by atoms with Gasteiger partial charge in [-0.25, -0.2) is 0 Å². The van der Waals surface area contributed by atoms with E-state index in [1.165, 1.54) is 29.9 Å². The normalized spacial score (nSPS) is 18.4. The number of nitrogens with zero attached hydrogens (tertiary/aromatic N) is 4. The molecule has 1 aliphatic heterocycles. The maximum Gasteiger partial charge on any atom is 0.268 e. The third-order valence-corrected chi connectivity index (χ3v) is 6.31. The first kappa shape index (κ1) is 18.4. The van der Waals surface area contributed by atoms with E-state index in [2.05, 4.69) is 44.9 Å². The van der Waals surface area contributed by atoms with Gasteiger partial charge in [-0.05, 0) is 49.8 Å². The lowest BCUT2D eigenvalue weighted by atomic mass is 10.1. The minimum absolute atomic E-state index is 0.0533. The molecule has 6 nitrogen and oxygen atoms in total. The van der Waals surface area contributed by atoms with Gasteiger partial charge >= 0.3 is 0 Å². The second kappa shape index (κ2) is 7.67. The van der Waals surface area contributed by atoms with Crippen molar-refractivity contribution in [2.24, 2.45) is 13.0 Å². The Morgan fingerprint density at radius 3 is 2.72 bits per heavy atom. The van der Waals surface area contributed by atoms with E-state index >= 15 is 0 Å². The van der Waals surface area contributed by atoms with Crippen LogP contribution in [-0.2, 0) is 20.1 Å². The topological polar surface area (TPSA) is 52.3 Å². The lowest BCUT2D eigenvalue weighted by molar-refractivity contribution is 0.0965. The van der Waals surface area contributed by atoms with E-state index in [1.807, 2.05) is 7.05 Å². The average Bonchev–Trinajstić information content (AvgIpc) is 3.45. The third kappa shape index (κ3) is 3.94. The van der Waals surface area contributed by atoms with E-state index in [0.717, 1.165) is 56.4 Å². The van der Waals surface area contributed by atoms with Gasteiger partial charge in [-0.2, -0.15) is 0 Å². The Bertz CT molecular complexity index is 1060. The van der Waals surface area contributed by atoms with Crippen molar-refractivity contribution in [1.29, 1.82) is 0 Å². The first-order valence-electron chi connectivity index (χ1n) is 10.6. The molecule has 2 fully saturated rings. The quantitative estimate of drug-likeness (QED) is 0.647. The van der Waals surface area contributed by atoms with E-state index in [0.29, 0.717) is 0 Å². The second-order valence-corrected chi connectivity index (χ2v) is 8.49. The van der Waals surface area contributed by atoms with Crippen molar-refractivity contribution in [1.82, 2.24) is 19.0 Å². The van der Waals surface area contributed by atoms with Crippen molar-refractivity contribution in [3.05, 3.63) is 58.9 Å². The first-order chi connectivity index (χ1) is 14.2. The van der Waals surface area contributed by atoms with Crippen molar-refractivity contribution in [3.8, 4) is 5.75 Å². The van der Waals surface area contributed by atoms with Crippen LogP contribution in [-0.4, -0.2) is 38.2 Å². The molecule has 0 spiro atoms. The van der Waals surface area contributed by atoms with Crippen LogP contribution in [0.3, 0.4) is 0 Å². The lowest BCUT2D eigenvalue weighted by Gasteiger charge is -2.32. The van der Waals surface area contributed by atoms with Crippen molar-refractivity contribution >= 4 is 10.9 Å². The fourth-order valence-corrected chi connectivity index (χ4v) is 4.28. The molecule has 6 heteroatoms. The molecule has 5 rings (SSSR count). The molecule has 0 amide bonds. The van der Waals surface area contributed by atoms with E-state index in [4.69, 9.17) is 4.74 Å². The maximum absolute atomic E-state index is 11.8. The molecule has 152 valence electrons. The zero-order valence-corrected chi connectivity index (χ0v) is 17.0. The molecule has 2 aromatic heterocycles. The van der Waals surface area contributed by atoms with Gasteiger partial charge < -0.3 is 13.9 Å². The fourth-order valence-electron chi connectivity index (χ4n) is 4.28. The summed E-state index contributed by atoms with van der Waals surface area (Å²) < 4.78 is 10.5. The van der Waals surface area contributed by atoms with Crippen LogP contribution in [0.25, 0.3) is 10.9 Å². The average molecular weight is 393 g/mol. The lowest BCUT2D eigenvalue weighted by Crippen LogP contribution is -2.39. The highest BCUT2D eigenvalue weighted by Crippen LogP contribution is 2.34. The second-order valence-electron chi connectivity index (χ2n) is 8.49. The van der Waals surface area contributed by atoms with E-state index in [-0.39, 0.29) is 11.7 Å². The summed E-state index contributed by atoms with van der Waals surface area (Å²) in [5.74, 6) is 1.86. The van der Waals surface area contributed by atoms with Crippen molar-refractivity contribution in [2.75, 3.05) is 13.1 Å². The first-order valence-corrected chi connectivity index (χ1v) is 10.6. The molecule has 3 aromatic rings. The van der Waals surface area contributed by atoms with E-state index in [9.17, 15) is 4.79 Å². The zero-order chi connectivity index (χ0) is 19.8. The summed E-state index contributed by atoms with van der Waals surface area (Å²) in [5, 5.41) is 1.22. The molecular weight excluding hydrogens is 364 g/mol. The van der Waals surface area contributed by atoms with Crippen molar-refractivity contribution < 1.29 is 4.74 Å². The van der Waals surface area contributed by atoms with Crippen LogP contribution in [0.15, 0.2) is 47.7 Å². The number of piperidine rings is 1. The van der Waals surface area contributed by atoms with Crippen LogP contribution >= 0.6 is 0 Å². The molecule has 0 bridgehead atoms. The smallest absolute Gasteiger partial charge is 0.268 e. The minimum Gasteiger partial charge on any atom is -0.490 e. The largest absolute Gasteiger partial charge is 0.490 e. The molecule has 2 aliphatic rings. The van der Waals surface area contributed by atoms with E-state index < -0.39 is 0 Å². The van der Waals surface area contributed by atoms with Crippen LogP contribution < -0.4 is 10.3 Å². The number of rotatable bonds is 6. The predicted octanol–water partition coefficient (Wildman–Crippen LogP) is 3.19. The van der Waals surface area contributed by atoms with Gasteiger partial charge in [-0.1, -0.05) is 6.07 Å². The molecular formula is C23H28N4O2. The highest BCUT2D eigenvalue weighted by Gasteiger charge is 2.24. The Kier molecular flexibility index (Phi) is 4.87. The van der Waals surface area contributed by atoms with Gasteiger partial charge in [-0.3, -0.25) is 14.7 Å². The number of likely N-dealkylation sites (tertiary alicyclic amines) is 1. The number of fused-ring (bicyclic) bond motifs is 1. The van der Waals surface area contributed by atoms with Gasteiger partial charge in [0.1, 0.15) is 11.9 Å². The number of hydrogen-bond acceptors (Lipinski definition) is 4.